The molecule has 1 aliphatic rings. The summed E-state index contributed by atoms with van der Waals surface area (Å²) < 4.78 is 0. The van der Waals surface area contributed by atoms with E-state index < -0.39 is 0 Å². The molecule has 0 aromatic heterocycles. The summed E-state index contributed by atoms with van der Waals surface area (Å²) in [5.74, 6) is -0.234. The van der Waals surface area contributed by atoms with Gasteiger partial charge in [0, 0.05) is 28.3 Å². The van der Waals surface area contributed by atoms with Crippen molar-refractivity contribution in [3.8, 4) is 0 Å². The Morgan fingerprint density at radius 1 is 0.793 bits per heavy atom. The normalized spacial score (nSPS) is 14.3. The molecule has 3 aromatic rings. The van der Waals surface area contributed by atoms with Gasteiger partial charge in [0.15, 0.2) is 5.78 Å². The number of Topliss-reactive ketones (excluding diaryl/α,β-unsaturated/α-hetero) is 1. The topological polar surface area (TPSA) is 37.4 Å². The maximum Gasteiger partial charge on any atom is 0.231 e. The fourth-order valence-electron chi connectivity index (χ4n) is 3.51. The summed E-state index contributed by atoms with van der Waals surface area (Å²) in [6, 6.07) is 23.5. The second-order valence-electron chi connectivity index (χ2n) is 6.71. The number of benzene rings is 3. The van der Waals surface area contributed by atoms with E-state index >= 15 is 0 Å². The number of amides is 1. The lowest BCUT2D eigenvalue weighted by molar-refractivity contribution is -0.118. The van der Waals surface area contributed by atoms with Gasteiger partial charge in [-0.05, 0) is 48.4 Å². The van der Waals surface area contributed by atoms with Crippen LogP contribution in [0.2, 0.25) is 10.0 Å². The average Bonchev–Trinajstić information content (AvgIpc) is 2.75. The first-order valence-corrected chi connectivity index (χ1v) is 9.98. The molecule has 1 heterocycles. The third-order valence-electron chi connectivity index (χ3n) is 4.87. The zero-order valence-electron chi connectivity index (χ0n) is 15.4. The second-order valence-corrected chi connectivity index (χ2v) is 7.55. The lowest BCUT2D eigenvalue weighted by Gasteiger charge is -2.32. The summed E-state index contributed by atoms with van der Waals surface area (Å²) in [6.07, 6.45) is 0.599. The van der Waals surface area contributed by atoms with Gasteiger partial charge in [0.1, 0.15) is 0 Å². The molecule has 0 N–H and O–H groups in total. The van der Waals surface area contributed by atoms with E-state index in [0.29, 0.717) is 39.0 Å². The Kier molecular flexibility index (Phi) is 5.52. The zero-order valence-corrected chi connectivity index (χ0v) is 17.0. The highest BCUT2D eigenvalue weighted by Gasteiger charge is 2.32. The minimum atomic E-state index is -0.166. The third-order valence-corrected chi connectivity index (χ3v) is 5.45. The van der Waals surface area contributed by atoms with E-state index in [2.05, 4.69) is 0 Å². The van der Waals surface area contributed by atoms with Crippen LogP contribution in [0.4, 0.5) is 5.69 Å². The van der Waals surface area contributed by atoms with Crippen molar-refractivity contribution in [3.05, 3.63) is 106 Å². The molecule has 29 heavy (non-hydrogen) atoms. The van der Waals surface area contributed by atoms with E-state index in [4.69, 9.17) is 23.2 Å². The van der Waals surface area contributed by atoms with Gasteiger partial charge in [-0.3, -0.25) is 14.5 Å². The van der Waals surface area contributed by atoms with E-state index in [1.807, 2.05) is 30.3 Å². The number of ketones is 1. The standard InChI is InChI=1S/C24H17Cl2NO2/c25-17-10-12-18(13-11-17)27-22(28)15-14-20(23(27)16-6-2-1-3-7-16)24(29)19-8-4-5-9-21(19)26/h1-13H,14-15H2. The Hall–Kier alpha value is -2.88. The predicted molar refractivity (Wildman–Crippen MR) is 117 cm³/mol. The Morgan fingerprint density at radius 3 is 2.14 bits per heavy atom. The number of carbonyl (C=O) groups excluding carboxylic acids is 2. The molecule has 1 aliphatic heterocycles. The third kappa shape index (κ3) is 3.84. The second kappa shape index (κ2) is 8.24. The highest BCUT2D eigenvalue weighted by molar-refractivity contribution is 6.35. The van der Waals surface area contributed by atoms with Crippen LogP contribution in [0.25, 0.3) is 5.70 Å². The summed E-state index contributed by atoms with van der Waals surface area (Å²) in [5, 5.41) is 0.975. The fraction of sp³-hybridized carbons (Fsp3) is 0.0833. The van der Waals surface area contributed by atoms with Gasteiger partial charge in [0.2, 0.25) is 5.91 Å². The van der Waals surface area contributed by atoms with E-state index in [0.717, 1.165) is 5.56 Å². The van der Waals surface area contributed by atoms with Crippen molar-refractivity contribution in [2.45, 2.75) is 12.8 Å². The summed E-state index contributed by atoms with van der Waals surface area (Å²) in [6.45, 7) is 0. The summed E-state index contributed by atoms with van der Waals surface area (Å²) in [4.78, 5) is 28.0. The largest absolute Gasteiger partial charge is 0.289 e. The Balaban J connectivity index is 1.94. The van der Waals surface area contributed by atoms with Crippen molar-refractivity contribution in [2.75, 3.05) is 4.90 Å². The molecule has 3 nitrogen and oxygen atoms in total. The lowest BCUT2D eigenvalue weighted by Crippen LogP contribution is -2.35. The molecule has 5 heteroatoms. The van der Waals surface area contributed by atoms with Gasteiger partial charge in [-0.1, -0.05) is 65.7 Å². The predicted octanol–water partition coefficient (Wildman–Crippen LogP) is 6.41. The quantitative estimate of drug-likeness (QED) is 0.456. The highest BCUT2D eigenvalue weighted by Crippen LogP contribution is 2.37. The number of halogens is 2. The van der Waals surface area contributed by atoms with Crippen molar-refractivity contribution in [1.82, 2.24) is 0 Å². The van der Waals surface area contributed by atoms with Crippen LogP contribution in [0.3, 0.4) is 0 Å². The number of carbonyl (C=O) groups is 2. The minimum absolute atomic E-state index is 0.0677. The first-order valence-electron chi connectivity index (χ1n) is 9.22. The van der Waals surface area contributed by atoms with Crippen LogP contribution in [-0.4, -0.2) is 11.7 Å². The van der Waals surface area contributed by atoms with Gasteiger partial charge in [0.25, 0.3) is 0 Å². The Morgan fingerprint density at radius 2 is 1.45 bits per heavy atom. The molecule has 0 unspecified atom stereocenters. The molecule has 4 rings (SSSR count). The number of nitrogens with zero attached hydrogens (tertiary/aromatic N) is 1. The molecule has 0 saturated carbocycles. The highest BCUT2D eigenvalue weighted by atomic mass is 35.5. The van der Waals surface area contributed by atoms with Crippen molar-refractivity contribution >= 4 is 46.3 Å². The van der Waals surface area contributed by atoms with E-state index in [9.17, 15) is 9.59 Å². The number of allylic oxidation sites excluding steroid dienone is 1. The molecule has 0 fully saturated rings. The van der Waals surface area contributed by atoms with Crippen LogP contribution in [-0.2, 0) is 4.79 Å². The van der Waals surface area contributed by atoms with Gasteiger partial charge in [-0.2, -0.15) is 0 Å². The van der Waals surface area contributed by atoms with Crippen molar-refractivity contribution < 1.29 is 9.59 Å². The average molecular weight is 422 g/mol. The molecule has 0 saturated heterocycles. The molecule has 144 valence electrons. The minimum Gasteiger partial charge on any atom is -0.289 e. The zero-order chi connectivity index (χ0) is 20.4. The smallest absolute Gasteiger partial charge is 0.231 e. The SMILES string of the molecule is O=C(C1=C(c2ccccc2)N(c2ccc(Cl)cc2)C(=O)CC1)c1ccccc1Cl. The van der Waals surface area contributed by atoms with Crippen LogP contribution >= 0.6 is 23.2 Å². The summed E-state index contributed by atoms with van der Waals surface area (Å²) in [5.41, 5.74) is 3.06. The first-order chi connectivity index (χ1) is 14.1. The Labute approximate surface area is 179 Å². The molecule has 0 spiro atoms. The van der Waals surface area contributed by atoms with Gasteiger partial charge < -0.3 is 0 Å². The van der Waals surface area contributed by atoms with Gasteiger partial charge >= 0.3 is 0 Å². The van der Waals surface area contributed by atoms with Gasteiger partial charge in [0.05, 0.1) is 10.7 Å². The number of hydrogen-bond donors (Lipinski definition) is 0. The van der Waals surface area contributed by atoms with Crippen LogP contribution < -0.4 is 4.90 Å². The summed E-state index contributed by atoms with van der Waals surface area (Å²) >= 11 is 12.3. The maximum absolute atomic E-state index is 13.4. The molecular weight excluding hydrogens is 405 g/mol. The molecule has 3 aromatic carbocycles. The fourth-order valence-corrected chi connectivity index (χ4v) is 3.86. The molecule has 0 aliphatic carbocycles. The number of anilines is 1. The molecule has 0 radical (unpaired) electrons. The van der Waals surface area contributed by atoms with Crippen molar-refractivity contribution in [2.24, 2.45) is 0 Å². The maximum atomic E-state index is 13.4. The molecule has 1 amide bonds. The summed E-state index contributed by atoms with van der Waals surface area (Å²) in [7, 11) is 0. The Bertz CT molecular complexity index is 1110. The number of hydrogen-bond acceptors (Lipinski definition) is 2. The van der Waals surface area contributed by atoms with Crippen molar-refractivity contribution in [3.63, 3.8) is 0 Å². The van der Waals surface area contributed by atoms with E-state index in [1.54, 1.807) is 53.4 Å². The molecule has 0 bridgehead atoms. The van der Waals surface area contributed by atoms with Crippen LogP contribution in [0.1, 0.15) is 28.8 Å². The van der Waals surface area contributed by atoms with E-state index in [-0.39, 0.29) is 18.1 Å². The first kappa shape index (κ1) is 19.4. The van der Waals surface area contributed by atoms with Gasteiger partial charge in [-0.15, -0.1) is 0 Å². The molecular formula is C24H17Cl2NO2. The van der Waals surface area contributed by atoms with Crippen LogP contribution in [0.15, 0.2) is 84.4 Å². The number of rotatable bonds is 4. The van der Waals surface area contributed by atoms with Crippen LogP contribution in [0.5, 0.6) is 0 Å². The molecule has 0 atom stereocenters. The van der Waals surface area contributed by atoms with E-state index in [1.165, 1.54) is 0 Å². The van der Waals surface area contributed by atoms with Gasteiger partial charge in [-0.25, -0.2) is 0 Å². The lowest BCUT2D eigenvalue weighted by atomic mass is 9.90. The van der Waals surface area contributed by atoms with Crippen molar-refractivity contribution in [1.29, 1.82) is 0 Å². The van der Waals surface area contributed by atoms with Crippen LogP contribution in [0, 0.1) is 0 Å². The monoisotopic (exact) mass is 421 g/mol.